The average molecular weight is 346 g/mol. The van der Waals surface area contributed by atoms with Gasteiger partial charge in [-0.1, -0.05) is 0 Å². The van der Waals surface area contributed by atoms with Crippen molar-refractivity contribution in [3.8, 4) is 0 Å². The third-order valence-electron chi connectivity index (χ3n) is 3.21. The number of hydrogen-bond acceptors (Lipinski definition) is 3. The molecule has 1 fully saturated rings. The van der Waals surface area contributed by atoms with Gasteiger partial charge in [0, 0.05) is 25.1 Å². The normalized spacial score (nSPS) is 23.6. The Morgan fingerprint density at radius 3 is 2.95 bits per heavy atom. The third-order valence-corrected chi connectivity index (χ3v) is 4.84. The quantitative estimate of drug-likeness (QED) is 0.651. The molecule has 2 rings (SSSR count). The lowest BCUT2D eigenvalue weighted by Gasteiger charge is -2.24. The van der Waals surface area contributed by atoms with Crippen molar-refractivity contribution in [2.75, 3.05) is 20.2 Å². The van der Waals surface area contributed by atoms with Gasteiger partial charge in [0.05, 0.1) is 15.9 Å². The first-order chi connectivity index (χ1) is 9.11. The van der Waals surface area contributed by atoms with E-state index in [1.165, 1.54) is 4.88 Å². The molecule has 0 aliphatic carbocycles. The van der Waals surface area contributed by atoms with Crippen LogP contribution in [0.25, 0.3) is 0 Å². The molecule has 1 aliphatic heterocycles. The Kier molecular flexibility index (Phi) is 5.24. The highest BCUT2D eigenvalue weighted by molar-refractivity contribution is 9.11. The van der Waals surface area contributed by atoms with Gasteiger partial charge < -0.3 is 15.4 Å². The molecule has 0 bridgehead atoms. The van der Waals surface area contributed by atoms with Gasteiger partial charge in [-0.25, -0.2) is 0 Å². The van der Waals surface area contributed by atoms with Crippen LogP contribution in [0.1, 0.15) is 24.6 Å². The van der Waals surface area contributed by atoms with E-state index in [1.54, 1.807) is 18.4 Å². The number of halogens is 1. The molecule has 2 N–H and O–H groups in total. The number of nitrogens with zero attached hydrogens (tertiary/aromatic N) is 1. The smallest absolute Gasteiger partial charge is 0.191 e. The standard InChI is InChI=1S/C13H20BrN3OS/c1-13(6-3-7-18-13)9-17-12(15-2)16-8-10-4-5-11(14)19-10/h4-5H,3,6-9H2,1-2H3,(H2,15,16,17). The first-order valence-electron chi connectivity index (χ1n) is 6.44. The van der Waals surface area contributed by atoms with Crippen LogP contribution in [0, 0.1) is 0 Å². The lowest BCUT2D eigenvalue weighted by Crippen LogP contribution is -2.45. The first kappa shape index (κ1) is 14.8. The van der Waals surface area contributed by atoms with Gasteiger partial charge in [-0.2, -0.15) is 0 Å². The molecule has 0 saturated carbocycles. The first-order valence-corrected chi connectivity index (χ1v) is 8.05. The van der Waals surface area contributed by atoms with Crippen molar-refractivity contribution in [1.82, 2.24) is 10.6 Å². The third kappa shape index (κ3) is 4.47. The Morgan fingerprint density at radius 1 is 1.53 bits per heavy atom. The summed E-state index contributed by atoms with van der Waals surface area (Å²) in [5, 5.41) is 6.65. The van der Waals surface area contributed by atoms with Gasteiger partial charge in [-0.3, -0.25) is 4.99 Å². The van der Waals surface area contributed by atoms with Gasteiger partial charge in [0.25, 0.3) is 0 Å². The Balaban J connectivity index is 1.77. The van der Waals surface area contributed by atoms with E-state index in [4.69, 9.17) is 4.74 Å². The molecular weight excluding hydrogens is 326 g/mol. The van der Waals surface area contributed by atoms with E-state index < -0.39 is 0 Å². The maximum absolute atomic E-state index is 5.75. The number of thiophene rings is 1. The van der Waals surface area contributed by atoms with Crippen LogP contribution in [0.2, 0.25) is 0 Å². The second-order valence-electron chi connectivity index (χ2n) is 4.89. The minimum Gasteiger partial charge on any atom is -0.373 e. The molecule has 1 atom stereocenters. The fourth-order valence-electron chi connectivity index (χ4n) is 2.09. The summed E-state index contributed by atoms with van der Waals surface area (Å²) in [4.78, 5) is 5.51. The van der Waals surface area contributed by atoms with Crippen LogP contribution in [-0.2, 0) is 11.3 Å². The molecular formula is C13H20BrN3OS. The van der Waals surface area contributed by atoms with Crippen LogP contribution in [0.3, 0.4) is 0 Å². The molecule has 1 aromatic rings. The summed E-state index contributed by atoms with van der Waals surface area (Å²) in [5.74, 6) is 0.821. The fraction of sp³-hybridized carbons (Fsp3) is 0.615. The molecule has 1 aromatic heterocycles. The van der Waals surface area contributed by atoms with Gasteiger partial charge in [0.2, 0.25) is 0 Å². The van der Waals surface area contributed by atoms with E-state index in [2.05, 4.69) is 50.6 Å². The number of rotatable bonds is 4. The summed E-state index contributed by atoms with van der Waals surface area (Å²) in [6.45, 7) is 4.60. The lowest BCUT2D eigenvalue weighted by atomic mass is 10.0. The zero-order chi connectivity index (χ0) is 13.7. The van der Waals surface area contributed by atoms with Crippen LogP contribution in [0.4, 0.5) is 0 Å². The second kappa shape index (κ2) is 6.72. The molecule has 0 spiro atoms. The molecule has 6 heteroatoms. The maximum atomic E-state index is 5.75. The Morgan fingerprint density at radius 2 is 2.37 bits per heavy atom. The largest absolute Gasteiger partial charge is 0.373 e. The highest BCUT2D eigenvalue weighted by Crippen LogP contribution is 2.24. The Bertz CT molecular complexity index is 441. The van der Waals surface area contributed by atoms with Crippen LogP contribution in [0.5, 0.6) is 0 Å². The minimum atomic E-state index is -0.0520. The van der Waals surface area contributed by atoms with E-state index in [1.807, 2.05) is 0 Å². The molecule has 0 radical (unpaired) electrons. The summed E-state index contributed by atoms with van der Waals surface area (Å²) >= 11 is 5.20. The summed E-state index contributed by atoms with van der Waals surface area (Å²) in [6, 6.07) is 4.17. The number of ether oxygens (including phenoxy) is 1. The molecule has 2 heterocycles. The lowest BCUT2D eigenvalue weighted by molar-refractivity contribution is 0.0243. The Hall–Kier alpha value is -0.590. The van der Waals surface area contributed by atoms with Crippen LogP contribution in [-0.4, -0.2) is 31.8 Å². The van der Waals surface area contributed by atoms with Crippen molar-refractivity contribution in [1.29, 1.82) is 0 Å². The summed E-state index contributed by atoms with van der Waals surface area (Å²) in [7, 11) is 1.79. The van der Waals surface area contributed by atoms with Crippen molar-refractivity contribution in [2.24, 2.45) is 4.99 Å². The van der Waals surface area contributed by atoms with Crippen molar-refractivity contribution >= 4 is 33.2 Å². The van der Waals surface area contributed by atoms with Crippen molar-refractivity contribution in [2.45, 2.75) is 31.9 Å². The monoisotopic (exact) mass is 345 g/mol. The maximum Gasteiger partial charge on any atom is 0.191 e. The highest BCUT2D eigenvalue weighted by Gasteiger charge is 2.29. The predicted molar refractivity (Wildman–Crippen MR) is 83.8 cm³/mol. The SMILES string of the molecule is CN=C(NCc1ccc(Br)s1)NCC1(C)CCCO1. The zero-order valence-corrected chi connectivity index (χ0v) is 13.7. The van der Waals surface area contributed by atoms with Gasteiger partial charge in [-0.05, 0) is 47.8 Å². The molecule has 106 valence electrons. The van der Waals surface area contributed by atoms with E-state index >= 15 is 0 Å². The van der Waals surface area contributed by atoms with Crippen LogP contribution >= 0.6 is 27.3 Å². The number of aliphatic imine (C=N–C) groups is 1. The summed E-state index contributed by atoms with van der Waals surface area (Å²) < 4.78 is 6.90. The van der Waals surface area contributed by atoms with Gasteiger partial charge in [-0.15, -0.1) is 11.3 Å². The topological polar surface area (TPSA) is 45.7 Å². The van der Waals surface area contributed by atoms with Gasteiger partial charge in [0.1, 0.15) is 0 Å². The molecule has 1 aliphatic rings. The molecule has 0 amide bonds. The second-order valence-corrected chi connectivity index (χ2v) is 7.43. The summed E-state index contributed by atoms with van der Waals surface area (Å²) in [5.41, 5.74) is -0.0520. The molecule has 4 nitrogen and oxygen atoms in total. The van der Waals surface area contributed by atoms with Gasteiger partial charge >= 0.3 is 0 Å². The molecule has 19 heavy (non-hydrogen) atoms. The number of hydrogen-bond donors (Lipinski definition) is 2. The highest BCUT2D eigenvalue weighted by atomic mass is 79.9. The van der Waals surface area contributed by atoms with E-state index in [0.29, 0.717) is 0 Å². The van der Waals surface area contributed by atoms with E-state index in [9.17, 15) is 0 Å². The number of nitrogens with one attached hydrogen (secondary N) is 2. The molecule has 1 unspecified atom stereocenters. The van der Waals surface area contributed by atoms with Gasteiger partial charge in [0.15, 0.2) is 5.96 Å². The Labute approximate surface area is 126 Å². The van der Waals surface area contributed by atoms with E-state index in [-0.39, 0.29) is 5.60 Å². The minimum absolute atomic E-state index is 0.0520. The fourth-order valence-corrected chi connectivity index (χ4v) is 3.51. The predicted octanol–water partition coefficient (Wildman–Crippen LogP) is 2.74. The van der Waals surface area contributed by atoms with Crippen LogP contribution in [0.15, 0.2) is 20.9 Å². The van der Waals surface area contributed by atoms with Crippen LogP contribution < -0.4 is 10.6 Å². The summed E-state index contributed by atoms with van der Waals surface area (Å²) in [6.07, 6.45) is 2.25. The average Bonchev–Trinajstić information content (AvgIpc) is 2.99. The number of guanidine groups is 1. The van der Waals surface area contributed by atoms with Crippen molar-refractivity contribution in [3.63, 3.8) is 0 Å². The van der Waals surface area contributed by atoms with Crippen molar-refractivity contribution < 1.29 is 4.74 Å². The molecule has 1 saturated heterocycles. The van der Waals surface area contributed by atoms with E-state index in [0.717, 1.165) is 42.3 Å². The zero-order valence-electron chi connectivity index (χ0n) is 11.3. The molecule has 0 aromatic carbocycles. The van der Waals surface area contributed by atoms with Crippen molar-refractivity contribution in [3.05, 3.63) is 20.8 Å².